The summed E-state index contributed by atoms with van der Waals surface area (Å²) in [7, 11) is 0. The molecule has 7 nitrogen and oxygen atoms in total. The standard InChI is InChI=1S/C16H13ClN4O3S/c17-13-4-2-1-3-12(13)15(22)16-19-18-14(9-25)20(16)10-5-7-11(8-6-10)21(23)24/h1-9,14-15,18,22H. The van der Waals surface area contributed by atoms with Crippen molar-refractivity contribution in [1.29, 1.82) is 0 Å². The molecule has 2 N–H and O–H groups in total. The Kier molecular flexibility index (Phi) is 4.93. The highest BCUT2D eigenvalue weighted by molar-refractivity contribution is 7.79. The third kappa shape index (κ3) is 3.32. The molecule has 9 heteroatoms. The average Bonchev–Trinajstić information content (AvgIpc) is 3.05. The lowest BCUT2D eigenvalue weighted by molar-refractivity contribution is -0.384. The molecular formula is C16H13ClN4O3S. The highest BCUT2D eigenvalue weighted by Crippen LogP contribution is 2.30. The maximum atomic E-state index is 10.8. The summed E-state index contributed by atoms with van der Waals surface area (Å²) in [4.78, 5) is 12.0. The van der Waals surface area contributed by atoms with Crippen molar-refractivity contribution in [3.63, 3.8) is 0 Å². The number of rotatable bonds is 5. The smallest absolute Gasteiger partial charge is 0.269 e. The number of nitrogens with zero attached hydrogens (tertiary/aromatic N) is 3. The predicted octanol–water partition coefficient (Wildman–Crippen LogP) is 3.03. The first kappa shape index (κ1) is 17.3. The zero-order valence-electron chi connectivity index (χ0n) is 12.7. The van der Waals surface area contributed by atoms with Gasteiger partial charge in [-0.15, -0.1) is 0 Å². The van der Waals surface area contributed by atoms with E-state index in [1.165, 1.54) is 17.5 Å². The van der Waals surface area contributed by atoms with E-state index in [2.05, 4.69) is 10.5 Å². The number of nitrogens with one attached hydrogen (secondary N) is 1. The van der Waals surface area contributed by atoms with Gasteiger partial charge in [-0.2, -0.15) is 5.10 Å². The first-order valence-corrected chi connectivity index (χ1v) is 8.12. The summed E-state index contributed by atoms with van der Waals surface area (Å²) < 4.78 is 0. The zero-order chi connectivity index (χ0) is 18.0. The Morgan fingerprint density at radius 3 is 2.60 bits per heavy atom. The number of benzene rings is 2. The summed E-state index contributed by atoms with van der Waals surface area (Å²) in [6, 6.07) is 12.8. The number of aliphatic hydroxyl groups is 1. The minimum Gasteiger partial charge on any atom is -0.380 e. The number of hydrogen-bond acceptors (Lipinski definition) is 7. The molecule has 2 unspecified atom stereocenters. The molecule has 1 aliphatic heterocycles. The second-order valence-electron chi connectivity index (χ2n) is 5.25. The maximum Gasteiger partial charge on any atom is 0.269 e. The molecule has 1 aliphatic rings. The molecule has 0 spiro atoms. The quantitative estimate of drug-likeness (QED) is 0.473. The monoisotopic (exact) mass is 376 g/mol. The van der Waals surface area contributed by atoms with E-state index in [1.807, 2.05) is 0 Å². The van der Waals surface area contributed by atoms with Crippen molar-refractivity contribution in [3.8, 4) is 0 Å². The topological polar surface area (TPSA) is 91.0 Å². The summed E-state index contributed by atoms with van der Waals surface area (Å²) in [5.74, 6) is 0.299. The van der Waals surface area contributed by atoms with Crippen molar-refractivity contribution in [2.24, 2.45) is 5.10 Å². The van der Waals surface area contributed by atoms with Crippen LogP contribution in [0.2, 0.25) is 5.02 Å². The molecular weight excluding hydrogens is 364 g/mol. The van der Waals surface area contributed by atoms with E-state index in [1.54, 1.807) is 41.3 Å². The Balaban J connectivity index is 1.97. The maximum absolute atomic E-state index is 10.8. The van der Waals surface area contributed by atoms with Gasteiger partial charge in [-0.3, -0.25) is 20.4 Å². The molecule has 2 aromatic carbocycles. The van der Waals surface area contributed by atoms with Crippen LogP contribution in [-0.4, -0.2) is 27.4 Å². The molecule has 2 atom stereocenters. The van der Waals surface area contributed by atoms with Gasteiger partial charge in [-0.05, 0) is 18.2 Å². The lowest BCUT2D eigenvalue weighted by Gasteiger charge is -2.27. The van der Waals surface area contributed by atoms with Gasteiger partial charge in [0.1, 0.15) is 12.3 Å². The van der Waals surface area contributed by atoms with Gasteiger partial charge in [0.05, 0.1) is 4.92 Å². The van der Waals surface area contributed by atoms with E-state index in [0.717, 1.165) is 0 Å². The molecule has 2 aromatic rings. The minimum atomic E-state index is -1.09. The largest absolute Gasteiger partial charge is 0.380 e. The summed E-state index contributed by atoms with van der Waals surface area (Å²) in [6.07, 6.45) is -1.56. The van der Waals surface area contributed by atoms with E-state index in [-0.39, 0.29) is 5.69 Å². The van der Waals surface area contributed by atoms with Gasteiger partial charge < -0.3 is 5.11 Å². The van der Waals surface area contributed by atoms with Crippen molar-refractivity contribution < 1.29 is 10.0 Å². The lowest BCUT2D eigenvalue weighted by Crippen LogP contribution is -2.43. The van der Waals surface area contributed by atoms with Crippen LogP contribution in [-0.2, 0) is 0 Å². The third-order valence-corrected chi connectivity index (χ3v) is 4.35. The molecule has 128 valence electrons. The molecule has 0 amide bonds. The van der Waals surface area contributed by atoms with Gasteiger partial charge in [-0.25, -0.2) is 0 Å². The van der Waals surface area contributed by atoms with Gasteiger partial charge in [-0.1, -0.05) is 42.0 Å². The van der Waals surface area contributed by atoms with Crippen LogP contribution >= 0.6 is 23.8 Å². The van der Waals surface area contributed by atoms with Crippen LogP contribution in [0.1, 0.15) is 11.7 Å². The number of hydrogen-bond donors (Lipinski definition) is 2. The Morgan fingerprint density at radius 2 is 2.00 bits per heavy atom. The molecule has 1 heterocycles. The molecule has 0 saturated carbocycles. The fraction of sp³-hybridized carbons (Fsp3) is 0.125. The van der Waals surface area contributed by atoms with E-state index in [9.17, 15) is 15.2 Å². The van der Waals surface area contributed by atoms with Gasteiger partial charge in [0.25, 0.3) is 5.69 Å². The summed E-state index contributed by atoms with van der Waals surface area (Å²) in [5, 5.41) is 27.6. The highest BCUT2D eigenvalue weighted by atomic mass is 35.5. The van der Waals surface area contributed by atoms with Crippen molar-refractivity contribution in [3.05, 3.63) is 69.2 Å². The third-order valence-electron chi connectivity index (χ3n) is 3.75. The molecule has 0 fully saturated rings. The summed E-state index contributed by atoms with van der Waals surface area (Å²) in [5.41, 5.74) is 3.91. The molecule has 25 heavy (non-hydrogen) atoms. The van der Waals surface area contributed by atoms with Gasteiger partial charge in [0.15, 0.2) is 5.84 Å². The highest BCUT2D eigenvalue weighted by Gasteiger charge is 2.33. The van der Waals surface area contributed by atoms with Gasteiger partial charge >= 0.3 is 0 Å². The first-order valence-electron chi connectivity index (χ1n) is 7.27. The molecule has 3 rings (SSSR count). The van der Waals surface area contributed by atoms with E-state index < -0.39 is 17.2 Å². The Hall–Kier alpha value is -2.55. The average molecular weight is 377 g/mol. The molecule has 0 radical (unpaired) electrons. The SMILES string of the molecule is O=[N+]([O-])c1ccc(N2C(C(O)c3ccccc3Cl)=NNC2C=S)cc1. The number of hydrazone groups is 1. The number of thiocarbonyl (C=S) groups is 1. The Bertz CT molecular complexity index is 844. The first-order chi connectivity index (χ1) is 12.0. The number of halogens is 1. The van der Waals surface area contributed by atoms with Crippen LogP contribution in [0.15, 0.2) is 53.6 Å². The van der Waals surface area contributed by atoms with E-state index in [4.69, 9.17) is 23.8 Å². The number of nitro benzene ring substituents is 1. The fourth-order valence-corrected chi connectivity index (χ4v) is 2.96. The van der Waals surface area contributed by atoms with Crippen LogP contribution in [0, 0.1) is 10.1 Å². The minimum absolute atomic E-state index is 0.0278. The van der Waals surface area contributed by atoms with Crippen LogP contribution in [0.25, 0.3) is 0 Å². The molecule has 0 aromatic heterocycles. The van der Waals surface area contributed by atoms with Crippen LogP contribution in [0.5, 0.6) is 0 Å². The number of anilines is 1. The normalized spacial score (nSPS) is 17.6. The number of amidine groups is 1. The molecule has 0 bridgehead atoms. The molecule has 0 aliphatic carbocycles. The van der Waals surface area contributed by atoms with Crippen LogP contribution in [0.4, 0.5) is 11.4 Å². The van der Waals surface area contributed by atoms with Crippen LogP contribution in [0.3, 0.4) is 0 Å². The number of non-ortho nitro benzene ring substituents is 1. The van der Waals surface area contributed by atoms with E-state index in [0.29, 0.717) is 22.1 Å². The van der Waals surface area contributed by atoms with Crippen molar-refractivity contribution >= 4 is 46.4 Å². The number of aliphatic hydroxyl groups excluding tert-OH is 1. The Morgan fingerprint density at radius 1 is 1.32 bits per heavy atom. The van der Waals surface area contributed by atoms with Crippen molar-refractivity contribution in [2.75, 3.05) is 4.90 Å². The Labute approximate surface area is 153 Å². The predicted molar refractivity (Wildman–Crippen MR) is 100 cm³/mol. The zero-order valence-corrected chi connectivity index (χ0v) is 14.3. The van der Waals surface area contributed by atoms with E-state index >= 15 is 0 Å². The van der Waals surface area contributed by atoms with Gasteiger partial charge in [0, 0.05) is 33.8 Å². The second-order valence-corrected chi connectivity index (χ2v) is 5.93. The molecule has 0 saturated heterocycles. The van der Waals surface area contributed by atoms with Crippen molar-refractivity contribution in [1.82, 2.24) is 5.43 Å². The number of nitro groups is 1. The van der Waals surface area contributed by atoms with Crippen molar-refractivity contribution in [2.45, 2.75) is 12.3 Å². The fourth-order valence-electron chi connectivity index (χ4n) is 2.53. The summed E-state index contributed by atoms with van der Waals surface area (Å²) >= 11 is 11.2. The second kappa shape index (κ2) is 7.14. The van der Waals surface area contributed by atoms with Crippen LogP contribution < -0.4 is 10.3 Å². The summed E-state index contributed by atoms with van der Waals surface area (Å²) in [6.45, 7) is 0. The van der Waals surface area contributed by atoms with Gasteiger partial charge in [0.2, 0.25) is 0 Å². The lowest BCUT2D eigenvalue weighted by atomic mass is 10.1.